The molecular formula is C16H19ClS. The average molecular weight is 279 g/mol. The Bertz CT molecular complexity index is 477. The Hall–Kier alpha value is -0.790. The second-order valence-electron chi connectivity index (χ2n) is 5.62. The van der Waals surface area contributed by atoms with E-state index in [0.717, 1.165) is 6.42 Å². The van der Waals surface area contributed by atoms with Crippen LogP contribution in [0.15, 0.2) is 41.8 Å². The lowest BCUT2D eigenvalue weighted by atomic mass is 9.86. The molecule has 0 saturated carbocycles. The monoisotopic (exact) mass is 278 g/mol. The molecule has 0 aliphatic heterocycles. The van der Waals surface area contributed by atoms with Crippen molar-refractivity contribution in [2.75, 3.05) is 0 Å². The zero-order chi connectivity index (χ0) is 13.2. The van der Waals surface area contributed by atoms with E-state index in [1.54, 1.807) is 11.3 Å². The fourth-order valence-electron chi connectivity index (χ4n) is 1.92. The number of alkyl halides is 1. The smallest absolute Gasteiger partial charge is 0.0633 e. The van der Waals surface area contributed by atoms with Crippen molar-refractivity contribution in [2.45, 2.75) is 38.0 Å². The van der Waals surface area contributed by atoms with Crippen LogP contribution in [-0.4, -0.2) is 0 Å². The van der Waals surface area contributed by atoms with Gasteiger partial charge in [0.25, 0.3) is 0 Å². The molecule has 0 spiro atoms. The van der Waals surface area contributed by atoms with Crippen LogP contribution in [0.4, 0.5) is 0 Å². The third-order valence-electron chi connectivity index (χ3n) is 3.10. The fraction of sp³-hybridized carbons (Fsp3) is 0.375. The maximum absolute atomic E-state index is 6.47. The molecule has 0 aliphatic carbocycles. The average Bonchev–Trinajstić information content (AvgIpc) is 2.81. The van der Waals surface area contributed by atoms with E-state index in [9.17, 15) is 0 Å². The van der Waals surface area contributed by atoms with Gasteiger partial charge in [0, 0.05) is 11.3 Å². The molecule has 1 unspecified atom stereocenters. The topological polar surface area (TPSA) is 0 Å². The van der Waals surface area contributed by atoms with Gasteiger partial charge in [-0.15, -0.1) is 22.9 Å². The summed E-state index contributed by atoms with van der Waals surface area (Å²) in [5, 5.41) is 2.17. The molecule has 0 bridgehead atoms. The molecule has 1 aromatic heterocycles. The molecular weight excluding hydrogens is 260 g/mol. The van der Waals surface area contributed by atoms with Gasteiger partial charge in [-0.2, -0.15) is 0 Å². The van der Waals surface area contributed by atoms with Gasteiger partial charge in [0.15, 0.2) is 0 Å². The lowest BCUT2D eigenvalue weighted by Crippen LogP contribution is -2.10. The van der Waals surface area contributed by atoms with E-state index in [1.807, 2.05) is 0 Å². The molecule has 18 heavy (non-hydrogen) atoms. The predicted octanol–water partition coefficient (Wildman–Crippen LogP) is 5.57. The van der Waals surface area contributed by atoms with Crippen molar-refractivity contribution in [3.8, 4) is 0 Å². The van der Waals surface area contributed by atoms with Gasteiger partial charge in [-0.3, -0.25) is 0 Å². The van der Waals surface area contributed by atoms with Crippen LogP contribution in [0.25, 0.3) is 0 Å². The third-order valence-corrected chi connectivity index (χ3v) is 4.40. The molecule has 0 saturated heterocycles. The summed E-state index contributed by atoms with van der Waals surface area (Å²) in [4.78, 5) is 1.34. The van der Waals surface area contributed by atoms with E-state index >= 15 is 0 Å². The van der Waals surface area contributed by atoms with Gasteiger partial charge < -0.3 is 0 Å². The summed E-state index contributed by atoms with van der Waals surface area (Å²) in [7, 11) is 0. The van der Waals surface area contributed by atoms with Crippen molar-refractivity contribution in [1.29, 1.82) is 0 Å². The second kappa shape index (κ2) is 5.46. The fourth-order valence-corrected chi connectivity index (χ4v) is 3.07. The van der Waals surface area contributed by atoms with Crippen LogP contribution >= 0.6 is 22.9 Å². The summed E-state index contributed by atoms with van der Waals surface area (Å²) in [5.41, 5.74) is 2.76. The van der Waals surface area contributed by atoms with Crippen LogP contribution < -0.4 is 0 Å². The van der Waals surface area contributed by atoms with Gasteiger partial charge in [-0.05, 0) is 28.0 Å². The van der Waals surface area contributed by atoms with E-state index in [-0.39, 0.29) is 10.8 Å². The minimum Gasteiger partial charge on any atom is -0.149 e. The molecule has 0 N–H and O–H groups in total. The molecule has 1 atom stereocenters. The summed E-state index contributed by atoms with van der Waals surface area (Å²) >= 11 is 8.24. The van der Waals surface area contributed by atoms with Crippen LogP contribution in [0.5, 0.6) is 0 Å². The number of hydrogen-bond acceptors (Lipinski definition) is 1. The molecule has 0 amide bonds. The minimum atomic E-state index is 0.0673. The third kappa shape index (κ3) is 3.37. The van der Waals surface area contributed by atoms with Gasteiger partial charge >= 0.3 is 0 Å². The molecule has 0 fully saturated rings. The summed E-state index contributed by atoms with van der Waals surface area (Å²) < 4.78 is 0. The Morgan fingerprint density at radius 1 is 1.11 bits per heavy atom. The maximum atomic E-state index is 6.47. The van der Waals surface area contributed by atoms with Crippen LogP contribution in [-0.2, 0) is 11.8 Å². The van der Waals surface area contributed by atoms with Crippen molar-refractivity contribution in [3.63, 3.8) is 0 Å². The highest BCUT2D eigenvalue weighted by atomic mass is 35.5. The van der Waals surface area contributed by atoms with E-state index in [2.05, 4.69) is 62.5 Å². The van der Waals surface area contributed by atoms with E-state index in [4.69, 9.17) is 11.6 Å². The molecule has 2 heteroatoms. The van der Waals surface area contributed by atoms with Crippen molar-refractivity contribution in [2.24, 2.45) is 0 Å². The van der Waals surface area contributed by atoms with Crippen molar-refractivity contribution in [1.82, 2.24) is 0 Å². The molecule has 0 nitrogen and oxygen atoms in total. The van der Waals surface area contributed by atoms with Crippen LogP contribution in [0, 0.1) is 0 Å². The largest absolute Gasteiger partial charge is 0.149 e. The molecule has 0 radical (unpaired) electrons. The summed E-state index contributed by atoms with van der Waals surface area (Å²) in [5.74, 6) is 0. The predicted molar refractivity (Wildman–Crippen MR) is 81.8 cm³/mol. The summed E-state index contributed by atoms with van der Waals surface area (Å²) in [6.07, 6.45) is 0.911. The van der Waals surface area contributed by atoms with Crippen molar-refractivity contribution < 1.29 is 0 Å². The van der Waals surface area contributed by atoms with Crippen molar-refractivity contribution in [3.05, 3.63) is 57.8 Å². The second-order valence-corrected chi connectivity index (χ2v) is 7.18. The van der Waals surface area contributed by atoms with Gasteiger partial charge in [0.1, 0.15) is 0 Å². The number of halogens is 1. The first-order chi connectivity index (χ1) is 8.47. The first kappa shape index (κ1) is 13.6. The first-order valence-electron chi connectivity index (χ1n) is 6.24. The lowest BCUT2D eigenvalue weighted by Gasteiger charge is -2.19. The Balaban J connectivity index is 2.10. The standard InChI is InChI=1S/C16H19ClS/c1-16(2,3)13-8-6-12(7-9-13)15(17)11-14-5-4-10-18-14/h4-10,15H,11H2,1-3H3. The lowest BCUT2D eigenvalue weighted by molar-refractivity contribution is 0.590. The van der Waals surface area contributed by atoms with Gasteiger partial charge in [-0.1, -0.05) is 51.1 Å². The zero-order valence-electron chi connectivity index (χ0n) is 11.1. The zero-order valence-corrected chi connectivity index (χ0v) is 12.7. The number of benzene rings is 1. The molecule has 2 aromatic rings. The normalized spacial score (nSPS) is 13.6. The summed E-state index contributed by atoms with van der Waals surface area (Å²) in [6.45, 7) is 6.68. The molecule has 2 rings (SSSR count). The van der Waals surface area contributed by atoms with Crippen LogP contribution in [0.1, 0.15) is 42.2 Å². The first-order valence-corrected chi connectivity index (χ1v) is 7.55. The number of rotatable bonds is 3. The van der Waals surface area contributed by atoms with Crippen LogP contribution in [0.2, 0.25) is 0 Å². The van der Waals surface area contributed by atoms with E-state index in [0.29, 0.717) is 0 Å². The molecule has 96 valence electrons. The minimum absolute atomic E-state index is 0.0673. The van der Waals surface area contributed by atoms with E-state index < -0.39 is 0 Å². The van der Waals surface area contributed by atoms with Gasteiger partial charge in [0.05, 0.1) is 5.38 Å². The Morgan fingerprint density at radius 3 is 2.28 bits per heavy atom. The Morgan fingerprint density at radius 2 is 1.78 bits per heavy atom. The molecule has 0 aliphatic rings. The number of hydrogen-bond donors (Lipinski definition) is 0. The molecule has 1 aromatic carbocycles. The summed E-state index contributed by atoms with van der Waals surface area (Å²) in [6, 6.07) is 12.9. The highest BCUT2D eigenvalue weighted by Crippen LogP contribution is 2.29. The number of thiophene rings is 1. The Kier molecular flexibility index (Phi) is 4.14. The maximum Gasteiger partial charge on any atom is 0.0633 e. The van der Waals surface area contributed by atoms with Gasteiger partial charge in [0.2, 0.25) is 0 Å². The molecule has 1 heterocycles. The van der Waals surface area contributed by atoms with Crippen LogP contribution in [0.3, 0.4) is 0 Å². The van der Waals surface area contributed by atoms with Crippen molar-refractivity contribution >= 4 is 22.9 Å². The Labute approximate surface area is 119 Å². The van der Waals surface area contributed by atoms with Gasteiger partial charge in [-0.25, -0.2) is 0 Å². The van der Waals surface area contributed by atoms with E-state index in [1.165, 1.54) is 16.0 Å². The highest BCUT2D eigenvalue weighted by Gasteiger charge is 2.15. The SMILES string of the molecule is CC(C)(C)c1ccc(C(Cl)Cc2cccs2)cc1. The quantitative estimate of drug-likeness (QED) is 0.644. The highest BCUT2D eigenvalue weighted by molar-refractivity contribution is 7.09.